The number of aromatic nitrogens is 3. The van der Waals surface area contributed by atoms with Gasteiger partial charge in [-0.05, 0) is 18.2 Å². The molecule has 0 saturated carbocycles. The Bertz CT molecular complexity index is 1050. The number of carbonyl (C=O) groups is 1. The van der Waals surface area contributed by atoms with Crippen molar-refractivity contribution in [2.45, 2.75) is 6.18 Å². The van der Waals surface area contributed by atoms with Gasteiger partial charge in [-0.15, -0.1) is 0 Å². The number of alkyl halides is 3. The van der Waals surface area contributed by atoms with Crippen LogP contribution in [0.15, 0.2) is 41.5 Å². The largest absolute Gasteiger partial charge is 0.417 e. The lowest BCUT2D eigenvalue weighted by Crippen LogP contribution is -2.21. The van der Waals surface area contributed by atoms with Crippen LogP contribution in [0.1, 0.15) is 21.7 Å². The number of ketones is 1. The summed E-state index contributed by atoms with van der Waals surface area (Å²) in [7, 11) is 0. The van der Waals surface area contributed by atoms with E-state index in [1.165, 1.54) is 24.5 Å². The highest BCUT2D eigenvalue weighted by molar-refractivity contribution is 6.14. The second-order valence-corrected chi connectivity index (χ2v) is 5.00. The monoisotopic (exact) mass is 317 g/mol. The van der Waals surface area contributed by atoms with Crippen LogP contribution in [0.2, 0.25) is 0 Å². The molecule has 0 fully saturated rings. The average Bonchev–Trinajstić information content (AvgIpc) is 2.80. The van der Waals surface area contributed by atoms with Crippen molar-refractivity contribution < 1.29 is 18.0 Å². The minimum atomic E-state index is -4.70. The molecule has 5 nitrogen and oxygen atoms in total. The molecule has 8 heteroatoms. The molecule has 4 rings (SSSR count). The lowest BCUT2D eigenvalue weighted by molar-refractivity contribution is -0.137. The predicted molar refractivity (Wildman–Crippen MR) is 73.6 cm³/mol. The van der Waals surface area contributed by atoms with E-state index in [9.17, 15) is 22.8 Å². The maximum Gasteiger partial charge on any atom is 0.417 e. The fourth-order valence-electron chi connectivity index (χ4n) is 2.72. The van der Waals surface area contributed by atoms with Crippen molar-refractivity contribution >= 4 is 16.7 Å². The van der Waals surface area contributed by atoms with E-state index < -0.39 is 28.6 Å². The fraction of sp³-hybridized carbons (Fsp3) is 0.0667. The zero-order valence-corrected chi connectivity index (χ0v) is 11.3. The molecule has 0 amide bonds. The molecule has 1 aliphatic rings. The molecule has 0 radical (unpaired) electrons. The van der Waals surface area contributed by atoms with Crippen LogP contribution in [0.4, 0.5) is 13.2 Å². The number of pyridine rings is 1. The van der Waals surface area contributed by atoms with E-state index in [2.05, 4.69) is 9.97 Å². The van der Waals surface area contributed by atoms with Crippen molar-refractivity contribution in [2.75, 3.05) is 0 Å². The molecule has 3 heterocycles. The van der Waals surface area contributed by atoms with Gasteiger partial charge in [-0.1, -0.05) is 6.07 Å². The van der Waals surface area contributed by atoms with Crippen molar-refractivity contribution in [3.63, 3.8) is 0 Å². The second-order valence-electron chi connectivity index (χ2n) is 5.00. The fourth-order valence-corrected chi connectivity index (χ4v) is 2.72. The first kappa shape index (κ1) is 13.6. The highest BCUT2D eigenvalue weighted by Gasteiger charge is 2.41. The van der Waals surface area contributed by atoms with E-state index in [0.29, 0.717) is 0 Å². The van der Waals surface area contributed by atoms with Crippen molar-refractivity contribution in [2.24, 2.45) is 0 Å². The minimum Gasteiger partial charge on any atom is -0.285 e. The zero-order chi connectivity index (χ0) is 16.4. The molecule has 114 valence electrons. The van der Waals surface area contributed by atoms with E-state index in [0.717, 1.165) is 16.7 Å². The number of hydrogen-bond acceptors (Lipinski definition) is 4. The number of benzene rings is 1. The maximum atomic E-state index is 13.1. The number of rotatable bonds is 0. The first-order valence-electron chi connectivity index (χ1n) is 6.51. The smallest absolute Gasteiger partial charge is 0.285 e. The summed E-state index contributed by atoms with van der Waals surface area (Å²) in [6.07, 6.45) is -2.04. The Kier molecular flexibility index (Phi) is 2.52. The Hall–Kier alpha value is -3.03. The molecule has 0 unspecified atom stereocenters. The highest BCUT2D eigenvalue weighted by atomic mass is 19.4. The first-order valence-corrected chi connectivity index (χ1v) is 6.51. The first-order chi connectivity index (χ1) is 10.9. The van der Waals surface area contributed by atoms with Gasteiger partial charge in [0.05, 0.1) is 27.7 Å². The molecular formula is C15H6F3N3O2. The summed E-state index contributed by atoms with van der Waals surface area (Å²) in [5, 5.41) is 0.134. The predicted octanol–water partition coefficient (Wildman–Crippen LogP) is 2.34. The summed E-state index contributed by atoms with van der Waals surface area (Å²) in [4.78, 5) is 32.8. The number of halogens is 3. The summed E-state index contributed by atoms with van der Waals surface area (Å²) in [6, 6.07) is 4.70. The van der Waals surface area contributed by atoms with Gasteiger partial charge in [0.15, 0.2) is 5.82 Å². The SMILES string of the molecule is O=C1c2c(cccc2C(F)(F)F)-n2c1nc1ccncc1c2=O. The van der Waals surface area contributed by atoms with Gasteiger partial charge in [0.25, 0.3) is 5.56 Å². The van der Waals surface area contributed by atoms with E-state index in [1.807, 2.05) is 0 Å². The van der Waals surface area contributed by atoms with Crippen molar-refractivity contribution in [1.82, 2.24) is 14.5 Å². The van der Waals surface area contributed by atoms with Crippen LogP contribution >= 0.6 is 0 Å². The van der Waals surface area contributed by atoms with Crippen LogP contribution in [0, 0.1) is 0 Å². The number of fused-ring (bicyclic) bond motifs is 4. The Morgan fingerprint density at radius 2 is 1.87 bits per heavy atom. The number of hydrogen-bond donors (Lipinski definition) is 0. The standard InChI is InChI=1S/C15H6F3N3O2/c16-15(17,18)8-2-1-3-10-11(8)12(22)13-20-9-4-5-19-6-7(9)14(23)21(10)13/h1-6H. The van der Waals surface area contributed by atoms with Crippen molar-refractivity contribution in [3.8, 4) is 5.69 Å². The van der Waals surface area contributed by atoms with Gasteiger partial charge in [-0.2, -0.15) is 13.2 Å². The molecule has 0 aliphatic carbocycles. The van der Waals surface area contributed by atoms with Gasteiger partial charge in [0.1, 0.15) is 0 Å². The molecule has 0 atom stereocenters. The molecule has 3 aromatic rings. The lowest BCUT2D eigenvalue weighted by atomic mass is 10.0. The Labute approximate surface area is 126 Å². The van der Waals surface area contributed by atoms with Gasteiger partial charge in [0.2, 0.25) is 5.78 Å². The molecule has 0 N–H and O–H groups in total. The zero-order valence-electron chi connectivity index (χ0n) is 11.3. The van der Waals surface area contributed by atoms with Crippen LogP contribution in [-0.2, 0) is 6.18 Å². The molecule has 1 aliphatic heterocycles. The quantitative estimate of drug-likeness (QED) is 0.499. The van der Waals surface area contributed by atoms with Crippen LogP contribution in [0.5, 0.6) is 0 Å². The van der Waals surface area contributed by atoms with Gasteiger partial charge in [-0.3, -0.25) is 19.1 Å². The Morgan fingerprint density at radius 1 is 1.09 bits per heavy atom. The van der Waals surface area contributed by atoms with Gasteiger partial charge in [-0.25, -0.2) is 4.98 Å². The summed E-state index contributed by atoms with van der Waals surface area (Å²) in [5.41, 5.74) is -2.14. The Morgan fingerprint density at radius 3 is 2.61 bits per heavy atom. The van der Waals surface area contributed by atoms with Crippen LogP contribution in [-0.4, -0.2) is 20.3 Å². The summed E-state index contributed by atoms with van der Waals surface area (Å²) in [6.45, 7) is 0. The summed E-state index contributed by atoms with van der Waals surface area (Å²) < 4.78 is 40.4. The van der Waals surface area contributed by atoms with E-state index in [-0.39, 0.29) is 22.4 Å². The molecule has 1 aromatic carbocycles. The van der Waals surface area contributed by atoms with Gasteiger partial charge >= 0.3 is 6.18 Å². The van der Waals surface area contributed by atoms with Crippen LogP contribution < -0.4 is 5.56 Å². The minimum absolute atomic E-state index is 0.108. The second kappa shape index (κ2) is 4.25. The highest BCUT2D eigenvalue weighted by Crippen LogP contribution is 2.38. The molecule has 0 bridgehead atoms. The third-order valence-corrected chi connectivity index (χ3v) is 3.69. The van der Waals surface area contributed by atoms with E-state index in [4.69, 9.17) is 0 Å². The molecular weight excluding hydrogens is 311 g/mol. The summed E-state index contributed by atoms with van der Waals surface area (Å²) >= 11 is 0. The summed E-state index contributed by atoms with van der Waals surface area (Å²) in [5.74, 6) is -1.23. The molecule has 0 saturated heterocycles. The molecule has 2 aromatic heterocycles. The third kappa shape index (κ3) is 1.74. The lowest BCUT2D eigenvalue weighted by Gasteiger charge is -2.10. The Balaban J connectivity index is 2.15. The molecule has 0 spiro atoms. The van der Waals surface area contributed by atoms with Gasteiger partial charge < -0.3 is 0 Å². The van der Waals surface area contributed by atoms with E-state index in [1.54, 1.807) is 0 Å². The van der Waals surface area contributed by atoms with Crippen molar-refractivity contribution in [3.05, 3.63) is 64.0 Å². The van der Waals surface area contributed by atoms with Gasteiger partial charge in [0, 0.05) is 12.4 Å². The molecule has 23 heavy (non-hydrogen) atoms. The normalized spacial score (nSPS) is 13.3. The number of nitrogens with zero attached hydrogens (tertiary/aromatic N) is 3. The van der Waals surface area contributed by atoms with Crippen LogP contribution in [0.3, 0.4) is 0 Å². The van der Waals surface area contributed by atoms with Crippen LogP contribution in [0.25, 0.3) is 16.6 Å². The third-order valence-electron chi connectivity index (χ3n) is 3.69. The van der Waals surface area contributed by atoms with E-state index >= 15 is 0 Å². The van der Waals surface area contributed by atoms with Crippen molar-refractivity contribution in [1.29, 1.82) is 0 Å². The topological polar surface area (TPSA) is 64.8 Å². The maximum absolute atomic E-state index is 13.1. The number of carbonyl (C=O) groups excluding carboxylic acids is 1. The average molecular weight is 317 g/mol.